The SMILES string of the molecule is CCCCOCCOCCOCCCc1ccc2c(c1)C(=O)N(C1CCC(=O)NC1=O)C2=O. The molecule has 1 N–H and O–H groups in total. The molecular weight excluding hydrogens is 428 g/mol. The van der Waals surface area contributed by atoms with Crippen LogP contribution in [0.3, 0.4) is 0 Å². The van der Waals surface area contributed by atoms with E-state index >= 15 is 0 Å². The molecule has 180 valence electrons. The topological polar surface area (TPSA) is 111 Å². The van der Waals surface area contributed by atoms with Gasteiger partial charge in [-0.15, -0.1) is 0 Å². The van der Waals surface area contributed by atoms with Gasteiger partial charge in [-0.25, -0.2) is 0 Å². The van der Waals surface area contributed by atoms with E-state index in [1.165, 1.54) is 0 Å². The summed E-state index contributed by atoms with van der Waals surface area (Å²) < 4.78 is 16.5. The molecule has 2 aliphatic heterocycles. The molecule has 2 aliphatic rings. The van der Waals surface area contributed by atoms with Crippen molar-refractivity contribution in [1.82, 2.24) is 10.2 Å². The lowest BCUT2D eigenvalue weighted by molar-refractivity contribution is -0.136. The monoisotopic (exact) mass is 460 g/mol. The third-order valence-corrected chi connectivity index (χ3v) is 5.64. The number of nitrogens with one attached hydrogen (secondary N) is 1. The maximum atomic E-state index is 12.9. The van der Waals surface area contributed by atoms with Crippen LogP contribution < -0.4 is 5.32 Å². The Morgan fingerprint density at radius 1 is 0.879 bits per heavy atom. The van der Waals surface area contributed by atoms with E-state index in [0.29, 0.717) is 50.6 Å². The molecule has 4 amide bonds. The summed E-state index contributed by atoms with van der Waals surface area (Å²) in [5, 5.41) is 2.20. The zero-order chi connectivity index (χ0) is 23.6. The molecule has 9 heteroatoms. The summed E-state index contributed by atoms with van der Waals surface area (Å²) in [4.78, 5) is 50.1. The number of hydrogen-bond donors (Lipinski definition) is 1. The molecule has 0 spiro atoms. The predicted octanol–water partition coefficient (Wildman–Crippen LogP) is 1.87. The van der Waals surface area contributed by atoms with Gasteiger partial charge in [0.25, 0.3) is 11.8 Å². The maximum Gasteiger partial charge on any atom is 0.262 e. The lowest BCUT2D eigenvalue weighted by Crippen LogP contribution is -2.54. The predicted molar refractivity (Wildman–Crippen MR) is 119 cm³/mol. The van der Waals surface area contributed by atoms with Crippen LogP contribution in [0.5, 0.6) is 0 Å². The fourth-order valence-electron chi connectivity index (χ4n) is 3.84. The first-order valence-corrected chi connectivity index (χ1v) is 11.6. The standard InChI is InChI=1S/C24H32N2O7/c1-2-3-10-31-12-14-33-15-13-32-11-4-5-17-6-7-18-19(16-17)24(30)26(23(18)29)20-8-9-21(27)25-22(20)28/h6-7,16,20H,2-5,8-15H2,1H3,(H,25,27,28). The smallest absolute Gasteiger partial charge is 0.262 e. The Kier molecular flexibility index (Phi) is 9.53. The zero-order valence-corrected chi connectivity index (χ0v) is 19.1. The second kappa shape index (κ2) is 12.6. The first-order valence-electron chi connectivity index (χ1n) is 11.6. The fraction of sp³-hybridized carbons (Fsp3) is 0.583. The first kappa shape index (κ1) is 25.0. The Hall–Kier alpha value is -2.62. The summed E-state index contributed by atoms with van der Waals surface area (Å²) in [5.41, 5.74) is 1.52. The Balaban J connectivity index is 1.38. The van der Waals surface area contributed by atoms with Crippen LogP contribution in [-0.2, 0) is 30.2 Å². The third-order valence-electron chi connectivity index (χ3n) is 5.64. The van der Waals surface area contributed by atoms with Crippen LogP contribution in [0.1, 0.15) is 65.3 Å². The summed E-state index contributed by atoms with van der Waals surface area (Å²) in [7, 11) is 0. The second-order valence-corrected chi connectivity index (χ2v) is 8.12. The highest BCUT2D eigenvalue weighted by Gasteiger charge is 2.44. The Bertz CT molecular complexity index is 870. The van der Waals surface area contributed by atoms with Crippen molar-refractivity contribution in [2.24, 2.45) is 0 Å². The number of nitrogens with zero attached hydrogens (tertiary/aromatic N) is 1. The highest BCUT2D eigenvalue weighted by Crippen LogP contribution is 2.28. The number of hydrogen-bond acceptors (Lipinski definition) is 7. The van der Waals surface area contributed by atoms with Gasteiger partial charge in [-0.2, -0.15) is 0 Å². The van der Waals surface area contributed by atoms with Gasteiger partial charge in [0.2, 0.25) is 11.8 Å². The molecule has 0 aromatic heterocycles. The third kappa shape index (κ3) is 6.69. The van der Waals surface area contributed by atoms with Crippen LogP contribution in [0.25, 0.3) is 0 Å². The summed E-state index contributed by atoms with van der Waals surface area (Å²) in [6.45, 7) is 5.64. The van der Waals surface area contributed by atoms with E-state index in [1.54, 1.807) is 12.1 Å². The largest absolute Gasteiger partial charge is 0.379 e. The molecule has 3 rings (SSSR count). The van der Waals surface area contributed by atoms with Crippen molar-refractivity contribution < 1.29 is 33.4 Å². The Morgan fingerprint density at radius 2 is 1.52 bits per heavy atom. The molecule has 1 aromatic carbocycles. The number of aryl methyl sites for hydroxylation is 1. The molecule has 0 bridgehead atoms. The number of fused-ring (bicyclic) bond motifs is 1. The number of imide groups is 2. The van der Waals surface area contributed by atoms with Crippen molar-refractivity contribution in [3.8, 4) is 0 Å². The number of amides is 4. The quantitative estimate of drug-likeness (QED) is 0.333. The van der Waals surface area contributed by atoms with Gasteiger partial charge in [-0.1, -0.05) is 19.4 Å². The number of carbonyl (C=O) groups excluding carboxylic acids is 4. The average Bonchev–Trinajstić information content (AvgIpc) is 3.04. The minimum absolute atomic E-state index is 0.104. The molecule has 0 saturated carbocycles. The van der Waals surface area contributed by atoms with E-state index in [0.717, 1.165) is 36.3 Å². The number of unbranched alkanes of at least 4 members (excludes halogenated alkanes) is 1. The van der Waals surface area contributed by atoms with Gasteiger partial charge >= 0.3 is 0 Å². The molecular formula is C24H32N2O7. The van der Waals surface area contributed by atoms with E-state index in [-0.39, 0.29) is 18.7 Å². The molecule has 9 nitrogen and oxygen atoms in total. The van der Waals surface area contributed by atoms with Crippen molar-refractivity contribution >= 4 is 23.6 Å². The zero-order valence-electron chi connectivity index (χ0n) is 19.1. The highest BCUT2D eigenvalue weighted by atomic mass is 16.5. The van der Waals surface area contributed by atoms with E-state index in [1.807, 2.05) is 6.07 Å². The number of benzene rings is 1. The summed E-state index contributed by atoms with van der Waals surface area (Å²) in [6.07, 6.45) is 3.89. The molecule has 1 saturated heterocycles. The van der Waals surface area contributed by atoms with Crippen LogP contribution >= 0.6 is 0 Å². The van der Waals surface area contributed by atoms with Gasteiger partial charge in [0.05, 0.1) is 37.6 Å². The Morgan fingerprint density at radius 3 is 2.18 bits per heavy atom. The number of rotatable bonds is 14. The normalized spacial score (nSPS) is 18.1. The first-order chi connectivity index (χ1) is 16.0. The van der Waals surface area contributed by atoms with Crippen molar-refractivity contribution in [1.29, 1.82) is 0 Å². The number of piperidine rings is 1. The van der Waals surface area contributed by atoms with Crippen molar-refractivity contribution in [2.45, 2.75) is 51.5 Å². The van der Waals surface area contributed by atoms with Gasteiger partial charge in [0, 0.05) is 19.6 Å². The minimum Gasteiger partial charge on any atom is -0.379 e. The summed E-state index contributed by atoms with van der Waals surface area (Å²) in [5.74, 6) is -1.97. The van der Waals surface area contributed by atoms with Gasteiger partial charge in [0.15, 0.2) is 0 Å². The molecule has 1 unspecified atom stereocenters. The minimum atomic E-state index is -0.947. The molecule has 0 aliphatic carbocycles. The molecule has 33 heavy (non-hydrogen) atoms. The van der Waals surface area contributed by atoms with Crippen molar-refractivity contribution in [3.05, 3.63) is 34.9 Å². The summed E-state index contributed by atoms with van der Waals surface area (Å²) in [6, 6.07) is 4.22. The lowest BCUT2D eigenvalue weighted by atomic mass is 10.0. The maximum absolute atomic E-state index is 12.9. The summed E-state index contributed by atoms with van der Waals surface area (Å²) >= 11 is 0. The Labute approximate surface area is 193 Å². The van der Waals surface area contributed by atoms with Gasteiger partial charge in [-0.3, -0.25) is 29.4 Å². The molecule has 1 aromatic rings. The van der Waals surface area contributed by atoms with Crippen LogP contribution in [0.2, 0.25) is 0 Å². The highest BCUT2D eigenvalue weighted by molar-refractivity contribution is 6.23. The second-order valence-electron chi connectivity index (χ2n) is 8.12. The average molecular weight is 461 g/mol. The molecule has 1 atom stereocenters. The number of carbonyl (C=O) groups is 4. The van der Waals surface area contributed by atoms with E-state index in [9.17, 15) is 19.2 Å². The molecule has 2 heterocycles. The molecule has 1 fully saturated rings. The lowest BCUT2D eigenvalue weighted by Gasteiger charge is -2.27. The van der Waals surface area contributed by atoms with Gasteiger partial charge < -0.3 is 14.2 Å². The van der Waals surface area contributed by atoms with E-state index in [4.69, 9.17) is 14.2 Å². The van der Waals surface area contributed by atoms with Crippen LogP contribution in [0.4, 0.5) is 0 Å². The number of ether oxygens (including phenoxy) is 3. The van der Waals surface area contributed by atoms with Crippen LogP contribution in [-0.4, -0.2) is 74.2 Å². The van der Waals surface area contributed by atoms with Crippen molar-refractivity contribution in [3.63, 3.8) is 0 Å². The van der Waals surface area contributed by atoms with Gasteiger partial charge in [-0.05, 0) is 43.4 Å². The fourth-order valence-corrected chi connectivity index (χ4v) is 3.84. The van der Waals surface area contributed by atoms with Crippen LogP contribution in [0, 0.1) is 0 Å². The van der Waals surface area contributed by atoms with Gasteiger partial charge in [0.1, 0.15) is 6.04 Å². The van der Waals surface area contributed by atoms with Crippen molar-refractivity contribution in [2.75, 3.05) is 39.6 Å². The van der Waals surface area contributed by atoms with E-state index < -0.39 is 23.8 Å². The van der Waals surface area contributed by atoms with Crippen LogP contribution in [0.15, 0.2) is 18.2 Å². The molecule has 0 radical (unpaired) electrons. The van der Waals surface area contributed by atoms with E-state index in [2.05, 4.69) is 12.2 Å².